The van der Waals surface area contributed by atoms with Crippen molar-refractivity contribution < 1.29 is 0 Å². The first-order valence-electron chi connectivity index (χ1n) is 6.24. The quantitative estimate of drug-likeness (QED) is 0.803. The van der Waals surface area contributed by atoms with Gasteiger partial charge in [-0.3, -0.25) is 4.99 Å². The Morgan fingerprint density at radius 1 is 1.44 bits per heavy atom. The lowest BCUT2D eigenvalue weighted by molar-refractivity contribution is 0.269. The van der Waals surface area contributed by atoms with Gasteiger partial charge < -0.3 is 5.32 Å². The van der Waals surface area contributed by atoms with E-state index >= 15 is 0 Å². The number of aliphatic imine (C=N–C) groups is 1. The van der Waals surface area contributed by atoms with Crippen LogP contribution in [0.3, 0.4) is 0 Å². The van der Waals surface area contributed by atoms with Gasteiger partial charge in [-0.25, -0.2) is 0 Å². The van der Waals surface area contributed by atoms with E-state index in [0.717, 1.165) is 17.6 Å². The zero-order valence-corrected chi connectivity index (χ0v) is 12.3. The molecule has 2 nitrogen and oxygen atoms in total. The first-order chi connectivity index (χ1) is 7.30. The molecule has 1 fully saturated rings. The summed E-state index contributed by atoms with van der Waals surface area (Å²) >= 11 is 1.87. The van der Waals surface area contributed by atoms with E-state index in [4.69, 9.17) is 4.99 Å². The van der Waals surface area contributed by atoms with Gasteiger partial charge in [-0.15, -0.1) is 0 Å². The van der Waals surface area contributed by atoms with Crippen molar-refractivity contribution in [2.24, 2.45) is 22.2 Å². The zero-order valence-electron chi connectivity index (χ0n) is 11.5. The third-order valence-electron chi connectivity index (χ3n) is 3.67. The van der Waals surface area contributed by atoms with Crippen LogP contribution in [0.5, 0.6) is 0 Å². The fraction of sp³-hybridized carbons (Fsp3) is 0.923. The van der Waals surface area contributed by atoms with Crippen molar-refractivity contribution in [3.63, 3.8) is 0 Å². The Kier molecular flexibility index (Phi) is 4.72. The highest BCUT2D eigenvalue weighted by atomic mass is 32.2. The van der Waals surface area contributed by atoms with Crippen LogP contribution in [-0.2, 0) is 0 Å². The molecule has 0 aromatic carbocycles. The largest absolute Gasteiger partial charge is 0.362 e. The molecular formula is C13H26N2S. The van der Waals surface area contributed by atoms with Crippen LogP contribution in [0.25, 0.3) is 0 Å². The van der Waals surface area contributed by atoms with E-state index in [1.54, 1.807) is 0 Å². The molecule has 1 rings (SSSR count). The van der Waals surface area contributed by atoms with Crippen LogP contribution in [0.2, 0.25) is 0 Å². The number of rotatable bonds is 2. The van der Waals surface area contributed by atoms with Crippen LogP contribution in [0.4, 0.5) is 0 Å². The van der Waals surface area contributed by atoms with Crippen molar-refractivity contribution in [1.82, 2.24) is 5.32 Å². The van der Waals surface area contributed by atoms with E-state index in [-0.39, 0.29) is 0 Å². The van der Waals surface area contributed by atoms with Gasteiger partial charge in [-0.2, -0.15) is 0 Å². The van der Waals surface area contributed by atoms with Gasteiger partial charge in [0.2, 0.25) is 0 Å². The van der Waals surface area contributed by atoms with Crippen molar-refractivity contribution >= 4 is 16.9 Å². The smallest absolute Gasteiger partial charge is 0.156 e. The molecule has 0 aliphatic carbocycles. The van der Waals surface area contributed by atoms with E-state index in [1.165, 1.54) is 5.75 Å². The monoisotopic (exact) mass is 242 g/mol. The van der Waals surface area contributed by atoms with Gasteiger partial charge in [0.25, 0.3) is 0 Å². The lowest BCUT2D eigenvalue weighted by atomic mass is 9.82. The standard InChI is InChI=1S/C13H26N2S/c1-9-8-16-12(15-11(9)3)14-7-10(2)13(4,5)6/h9-11H,7-8H2,1-6H3,(H,14,15). The maximum atomic E-state index is 4.70. The van der Waals surface area contributed by atoms with Crippen LogP contribution in [0, 0.1) is 17.3 Å². The molecule has 1 saturated heterocycles. The van der Waals surface area contributed by atoms with Crippen LogP contribution in [0.15, 0.2) is 4.99 Å². The van der Waals surface area contributed by atoms with Gasteiger partial charge in [0.15, 0.2) is 5.17 Å². The van der Waals surface area contributed by atoms with Crippen LogP contribution in [0.1, 0.15) is 41.5 Å². The molecule has 0 saturated carbocycles. The lowest BCUT2D eigenvalue weighted by Gasteiger charge is -2.30. The summed E-state index contributed by atoms with van der Waals surface area (Å²) < 4.78 is 0. The van der Waals surface area contributed by atoms with Crippen molar-refractivity contribution in [2.45, 2.75) is 47.6 Å². The third-order valence-corrected chi connectivity index (χ3v) is 4.89. The molecule has 16 heavy (non-hydrogen) atoms. The number of hydrogen-bond donors (Lipinski definition) is 1. The maximum absolute atomic E-state index is 4.70. The predicted octanol–water partition coefficient (Wildman–Crippen LogP) is 3.39. The second kappa shape index (κ2) is 5.44. The van der Waals surface area contributed by atoms with Crippen molar-refractivity contribution in [3.8, 4) is 0 Å². The van der Waals surface area contributed by atoms with E-state index in [2.05, 4.69) is 46.9 Å². The van der Waals surface area contributed by atoms with E-state index in [0.29, 0.717) is 17.4 Å². The van der Waals surface area contributed by atoms with Gasteiger partial charge in [-0.1, -0.05) is 46.4 Å². The van der Waals surface area contributed by atoms with E-state index in [1.807, 2.05) is 11.8 Å². The van der Waals surface area contributed by atoms with Gasteiger partial charge in [0.05, 0.1) is 0 Å². The Hall–Kier alpha value is -0.180. The minimum atomic E-state index is 0.350. The summed E-state index contributed by atoms with van der Waals surface area (Å²) in [7, 11) is 0. The molecule has 0 radical (unpaired) electrons. The molecular weight excluding hydrogens is 216 g/mol. The lowest BCUT2D eigenvalue weighted by Crippen LogP contribution is -2.41. The fourth-order valence-corrected chi connectivity index (χ4v) is 2.46. The molecule has 0 aromatic heterocycles. The van der Waals surface area contributed by atoms with Gasteiger partial charge in [0.1, 0.15) is 0 Å². The highest BCUT2D eigenvalue weighted by Crippen LogP contribution is 2.26. The number of nitrogens with zero attached hydrogens (tertiary/aromatic N) is 1. The number of nitrogens with one attached hydrogen (secondary N) is 1. The van der Waals surface area contributed by atoms with E-state index < -0.39 is 0 Å². The molecule has 3 unspecified atom stereocenters. The highest BCUT2D eigenvalue weighted by molar-refractivity contribution is 8.13. The summed E-state index contributed by atoms with van der Waals surface area (Å²) in [5.74, 6) is 2.55. The molecule has 1 aliphatic heterocycles. The molecule has 0 aromatic rings. The predicted molar refractivity (Wildman–Crippen MR) is 75.1 cm³/mol. The topological polar surface area (TPSA) is 24.4 Å². The van der Waals surface area contributed by atoms with Gasteiger partial charge in [0, 0.05) is 18.3 Å². The molecule has 0 spiro atoms. The zero-order chi connectivity index (χ0) is 12.3. The first-order valence-corrected chi connectivity index (χ1v) is 7.23. The molecule has 3 atom stereocenters. The van der Waals surface area contributed by atoms with Crippen molar-refractivity contribution in [3.05, 3.63) is 0 Å². The van der Waals surface area contributed by atoms with Crippen LogP contribution >= 0.6 is 11.8 Å². The highest BCUT2D eigenvalue weighted by Gasteiger charge is 2.22. The Bertz CT molecular complexity index is 255. The second-order valence-electron chi connectivity index (χ2n) is 6.13. The summed E-state index contributed by atoms with van der Waals surface area (Å²) in [6, 6.07) is 0.560. The normalized spacial score (nSPS) is 31.2. The molecule has 0 bridgehead atoms. The Morgan fingerprint density at radius 2 is 2.06 bits per heavy atom. The van der Waals surface area contributed by atoms with Crippen molar-refractivity contribution in [1.29, 1.82) is 0 Å². The summed E-state index contributed by atoms with van der Waals surface area (Å²) in [6.07, 6.45) is 0. The summed E-state index contributed by atoms with van der Waals surface area (Å²) in [5.41, 5.74) is 0.350. The van der Waals surface area contributed by atoms with Gasteiger partial charge >= 0.3 is 0 Å². The van der Waals surface area contributed by atoms with Crippen molar-refractivity contribution in [2.75, 3.05) is 12.3 Å². The average molecular weight is 242 g/mol. The number of thioether (sulfide) groups is 1. The Morgan fingerprint density at radius 3 is 2.56 bits per heavy atom. The summed E-state index contributed by atoms with van der Waals surface area (Å²) in [6.45, 7) is 14.6. The molecule has 94 valence electrons. The maximum Gasteiger partial charge on any atom is 0.156 e. The van der Waals surface area contributed by atoms with E-state index in [9.17, 15) is 0 Å². The number of hydrogen-bond acceptors (Lipinski definition) is 2. The molecule has 0 amide bonds. The second-order valence-corrected chi connectivity index (χ2v) is 7.14. The summed E-state index contributed by atoms with van der Waals surface area (Å²) in [4.78, 5) is 4.70. The van der Waals surface area contributed by atoms with Crippen LogP contribution < -0.4 is 5.32 Å². The SMILES string of the molecule is CC1CSC(=NCC(C)C(C)(C)C)NC1C. The fourth-order valence-electron chi connectivity index (χ4n) is 1.32. The third kappa shape index (κ3) is 4.00. The summed E-state index contributed by atoms with van der Waals surface area (Å²) in [5, 5.41) is 4.63. The Balaban J connectivity index is 2.47. The molecule has 1 aliphatic rings. The minimum absolute atomic E-state index is 0.350. The minimum Gasteiger partial charge on any atom is -0.362 e. The molecule has 1 N–H and O–H groups in total. The number of amidine groups is 1. The molecule has 3 heteroatoms. The first kappa shape index (κ1) is 13.9. The average Bonchev–Trinajstić information content (AvgIpc) is 2.18. The Labute approximate surface area is 105 Å². The van der Waals surface area contributed by atoms with Gasteiger partial charge in [-0.05, 0) is 24.2 Å². The molecule has 1 heterocycles. The van der Waals surface area contributed by atoms with Crippen LogP contribution in [-0.4, -0.2) is 23.5 Å².